The molecule has 0 aromatic carbocycles. The molecule has 1 fully saturated rings. The van der Waals surface area contributed by atoms with Crippen molar-refractivity contribution in [3.8, 4) is 0 Å². The van der Waals surface area contributed by atoms with Crippen LogP contribution in [0.4, 0.5) is 0 Å². The fourth-order valence-corrected chi connectivity index (χ4v) is 2.79. The summed E-state index contributed by atoms with van der Waals surface area (Å²) in [6.45, 7) is 2.17. The minimum absolute atomic E-state index is 0.365. The van der Waals surface area contributed by atoms with Gasteiger partial charge in [0.15, 0.2) is 0 Å². The van der Waals surface area contributed by atoms with Gasteiger partial charge in [0.05, 0.1) is 0 Å². The van der Waals surface area contributed by atoms with Gasteiger partial charge in [0, 0.05) is 6.42 Å². The molecule has 2 aliphatic rings. The zero-order chi connectivity index (χ0) is 8.72. The molecule has 0 spiro atoms. The fourth-order valence-electron chi connectivity index (χ4n) is 2.79. The van der Waals surface area contributed by atoms with Gasteiger partial charge in [-0.2, -0.15) is 0 Å². The number of carboxylic acids is 1. The highest BCUT2D eigenvalue weighted by Gasteiger charge is 2.47. The topological polar surface area (TPSA) is 37.3 Å². The predicted octanol–water partition coefficient (Wildman–Crippen LogP) is 1.92. The lowest BCUT2D eigenvalue weighted by atomic mass is 9.58. The van der Waals surface area contributed by atoms with Crippen LogP contribution in [0.15, 0.2) is 12.2 Å². The molecule has 2 heteroatoms. The second-order valence-electron chi connectivity index (χ2n) is 4.03. The minimum atomic E-state index is -0.641. The molecule has 0 aromatic rings. The van der Waals surface area contributed by atoms with Crippen LogP contribution in [0, 0.1) is 23.7 Å². The Balaban J connectivity index is 1.98. The summed E-state index contributed by atoms with van der Waals surface area (Å²) in [7, 11) is 0. The molecule has 0 bridgehead atoms. The van der Waals surface area contributed by atoms with Crippen molar-refractivity contribution in [3.05, 3.63) is 12.2 Å². The second-order valence-corrected chi connectivity index (χ2v) is 4.03. The van der Waals surface area contributed by atoms with Gasteiger partial charge in [0.25, 0.3) is 0 Å². The summed E-state index contributed by atoms with van der Waals surface area (Å²) >= 11 is 0. The maximum absolute atomic E-state index is 10.5. The second kappa shape index (κ2) is 2.61. The Hall–Kier alpha value is -0.790. The summed E-state index contributed by atoms with van der Waals surface area (Å²) in [5, 5.41) is 8.67. The van der Waals surface area contributed by atoms with E-state index in [0.717, 1.165) is 6.42 Å². The maximum atomic E-state index is 10.5. The zero-order valence-corrected chi connectivity index (χ0v) is 7.23. The molecular formula is C10H14O2. The van der Waals surface area contributed by atoms with Crippen LogP contribution in [0.2, 0.25) is 0 Å². The molecule has 66 valence electrons. The molecule has 1 saturated carbocycles. The third kappa shape index (κ3) is 0.977. The van der Waals surface area contributed by atoms with Crippen LogP contribution in [-0.4, -0.2) is 11.1 Å². The molecule has 2 aliphatic carbocycles. The van der Waals surface area contributed by atoms with Crippen molar-refractivity contribution in [1.82, 2.24) is 0 Å². The van der Waals surface area contributed by atoms with E-state index in [4.69, 9.17) is 5.11 Å². The molecule has 0 saturated heterocycles. The summed E-state index contributed by atoms with van der Waals surface area (Å²) in [4.78, 5) is 10.5. The molecule has 0 aliphatic heterocycles. The highest BCUT2D eigenvalue weighted by molar-refractivity contribution is 5.67. The van der Waals surface area contributed by atoms with E-state index in [9.17, 15) is 4.79 Å². The van der Waals surface area contributed by atoms with E-state index in [1.807, 2.05) is 0 Å². The molecule has 1 N–H and O–H groups in total. The van der Waals surface area contributed by atoms with E-state index < -0.39 is 5.97 Å². The average Bonchev–Trinajstić information content (AvgIpc) is 2.44. The van der Waals surface area contributed by atoms with E-state index in [0.29, 0.717) is 30.1 Å². The number of fused-ring (bicyclic) bond motifs is 1. The first-order chi connectivity index (χ1) is 5.70. The standard InChI is InChI=1S/C10H14O2/c1-6-7-3-2-4-8(7)9(6)5-10(11)12/h2-3,6-9H,4-5H2,1H3,(H,11,12)/t6-,7+,8+,9-/m0/s1. The molecule has 4 atom stereocenters. The van der Waals surface area contributed by atoms with Gasteiger partial charge >= 0.3 is 5.97 Å². The van der Waals surface area contributed by atoms with E-state index in [1.54, 1.807) is 0 Å². The first-order valence-corrected chi connectivity index (χ1v) is 4.58. The molecule has 0 heterocycles. The maximum Gasteiger partial charge on any atom is 0.303 e. The molecule has 2 rings (SSSR count). The Kier molecular flexibility index (Phi) is 1.71. The van der Waals surface area contributed by atoms with Crippen LogP contribution in [0.1, 0.15) is 19.8 Å². The van der Waals surface area contributed by atoms with Gasteiger partial charge in [-0.05, 0) is 30.1 Å². The lowest BCUT2D eigenvalue weighted by Crippen LogP contribution is -2.43. The Labute approximate surface area is 72.3 Å². The van der Waals surface area contributed by atoms with E-state index in [1.165, 1.54) is 0 Å². The van der Waals surface area contributed by atoms with E-state index >= 15 is 0 Å². The smallest absolute Gasteiger partial charge is 0.303 e. The zero-order valence-electron chi connectivity index (χ0n) is 7.23. The third-order valence-electron chi connectivity index (χ3n) is 3.50. The van der Waals surface area contributed by atoms with Crippen molar-refractivity contribution in [1.29, 1.82) is 0 Å². The van der Waals surface area contributed by atoms with Crippen molar-refractivity contribution in [2.24, 2.45) is 23.7 Å². The van der Waals surface area contributed by atoms with Crippen LogP contribution in [0.25, 0.3) is 0 Å². The van der Waals surface area contributed by atoms with Gasteiger partial charge in [0.1, 0.15) is 0 Å². The number of carboxylic acid groups (broad SMARTS) is 1. The number of rotatable bonds is 2. The van der Waals surface area contributed by atoms with Crippen LogP contribution < -0.4 is 0 Å². The predicted molar refractivity (Wildman–Crippen MR) is 45.6 cm³/mol. The van der Waals surface area contributed by atoms with Crippen LogP contribution in [0.3, 0.4) is 0 Å². The van der Waals surface area contributed by atoms with Gasteiger partial charge in [-0.1, -0.05) is 19.1 Å². The first-order valence-electron chi connectivity index (χ1n) is 4.58. The number of carbonyl (C=O) groups is 1. The van der Waals surface area contributed by atoms with Gasteiger partial charge < -0.3 is 5.11 Å². The van der Waals surface area contributed by atoms with Gasteiger partial charge in [-0.25, -0.2) is 0 Å². The largest absolute Gasteiger partial charge is 0.481 e. The molecule has 0 radical (unpaired) electrons. The van der Waals surface area contributed by atoms with Crippen LogP contribution >= 0.6 is 0 Å². The van der Waals surface area contributed by atoms with Crippen molar-refractivity contribution in [2.75, 3.05) is 0 Å². The van der Waals surface area contributed by atoms with Crippen LogP contribution in [-0.2, 0) is 4.79 Å². The molecule has 0 unspecified atom stereocenters. The molecular weight excluding hydrogens is 152 g/mol. The minimum Gasteiger partial charge on any atom is -0.481 e. The molecule has 12 heavy (non-hydrogen) atoms. The highest BCUT2D eigenvalue weighted by Crippen LogP contribution is 2.53. The summed E-state index contributed by atoms with van der Waals surface area (Å²) in [5.74, 6) is 1.72. The Morgan fingerprint density at radius 3 is 3.08 bits per heavy atom. The quantitative estimate of drug-likeness (QED) is 0.636. The Bertz CT molecular complexity index is 232. The average molecular weight is 166 g/mol. The summed E-state index contributed by atoms with van der Waals surface area (Å²) in [6.07, 6.45) is 5.93. The van der Waals surface area contributed by atoms with Crippen molar-refractivity contribution in [3.63, 3.8) is 0 Å². The number of hydrogen-bond donors (Lipinski definition) is 1. The number of allylic oxidation sites excluding steroid dienone is 2. The summed E-state index contributed by atoms with van der Waals surface area (Å²) < 4.78 is 0. The fraction of sp³-hybridized carbons (Fsp3) is 0.700. The molecule has 2 nitrogen and oxygen atoms in total. The monoisotopic (exact) mass is 166 g/mol. The first kappa shape index (κ1) is 7.84. The third-order valence-corrected chi connectivity index (χ3v) is 3.50. The summed E-state index contributed by atoms with van der Waals surface area (Å²) in [5.41, 5.74) is 0. The number of hydrogen-bond acceptors (Lipinski definition) is 1. The SMILES string of the molecule is C[C@H]1[C@H]2C=CC[C@H]2[C@H]1CC(=O)O. The highest BCUT2D eigenvalue weighted by atomic mass is 16.4. The van der Waals surface area contributed by atoms with Gasteiger partial charge in [0.2, 0.25) is 0 Å². The lowest BCUT2D eigenvalue weighted by Gasteiger charge is -2.46. The van der Waals surface area contributed by atoms with E-state index in [-0.39, 0.29) is 0 Å². The Morgan fingerprint density at radius 1 is 1.67 bits per heavy atom. The van der Waals surface area contributed by atoms with Crippen molar-refractivity contribution in [2.45, 2.75) is 19.8 Å². The Morgan fingerprint density at radius 2 is 2.42 bits per heavy atom. The van der Waals surface area contributed by atoms with Crippen LogP contribution in [0.5, 0.6) is 0 Å². The van der Waals surface area contributed by atoms with Gasteiger partial charge in [-0.3, -0.25) is 4.79 Å². The van der Waals surface area contributed by atoms with Crippen molar-refractivity contribution >= 4 is 5.97 Å². The molecule has 0 amide bonds. The van der Waals surface area contributed by atoms with Crippen molar-refractivity contribution < 1.29 is 9.90 Å². The van der Waals surface area contributed by atoms with E-state index in [2.05, 4.69) is 19.1 Å². The summed E-state index contributed by atoms with van der Waals surface area (Å²) in [6, 6.07) is 0. The number of aliphatic carboxylic acids is 1. The molecule has 0 aromatic heterocycles. The normalized spacial score (nSPS) is 43.8. The lowest BCUT2D eigenvalue weighted by molar-refractivity contribution is -0.141. The van der Waals surface area contributed by atoms with Gasteiger partial charge in [-0.15, -0.1) is 0 Å².